The fraction of sp³-hybridized carbons (Fsp3) is 0.462. The van der Waals surface area contributed by atoms with Gasteiger partial charge in [0.15, 0.2) is 0 Å². The van der Waals surface area contributed by atoms with Gasteiger partial charge in [0, 0.05) is 5.56 Å². The fourth-order valence-electron chi connectivity index (χ4n) is 2.54. The van der Waals surface area contributed by atoms with Gasteiger partial charge in [0.25, 0.3) is 5.69 Å². The largest absolute Gasteiger partial charge is 0.484 e. The van der Waals surface area contributed by atoms with Gasteiger partial charge in [-0.1, -0.05) is 0 Å². The van der Waals surface area contributed by atoms with E-state index in [2.05, 4.69) is 4.74 Å². The minimum absolute atomic E-state index is 0.0891. The predicted octanol–water partition coefficient (Wildman–Crippen LogP) is 1.99. The number of benzene rings is 1. The van der Waals surface area contributed by atoms with Gasteiger partial charge in [0.1, 0.15) is 29.1 Å². The standard InChI is InChI=1S/C13H13NO6/c1-13(2)11-10(19-11)7-4-6(12(15)18-3)8(14(16)17)5-9(7)20-13/h4-5,10-11H,1-3H3. The molecule has 1 fully saturated rings. The monoisotopic (exact) mass is 279 g/mol. The summed E-state index contributed by atoms with van der Waals surface area (Å²) in [7, 11) is 1.18. The highest BCUT2D eigenvalue weighted by Gasteiger charge is 2.57. The number of carbonyl (C=O) groups is 1. The lowest BCUT2D eigenvalue weighted by atomic mass is 9.93. The Morgan fingerprint density at radius 3 is 2.75 bits per heavy atom. The summed E-state index contributed by atoms with van der Waals surface area (Å²) < 4.78 is 15.9. The van der Waals surface area contributed by atoms with E-state index in [1.165, 1.54) is 19.2 Å². The van der Waals surface area contributed by atoms with Crippen molar-refractivity contribution in [2.24, 2.45) is 0 Å². The first-order valence-electron chi connectivity index (χ1n) is 6.10. The first-order valence-corrected chi connectivity index (χ1v) is 6.10. The lowest BCUT2D eigenvalue weighted by molar-refractivity contribution is -0.385. The number of methoxy groups -OCH3 is 1. The molecule has 2 aliphatic heterocycles. The molecule has 0 N–H and O–H groups in total. The number of nitrogens with zero attached hydrogens (tertiary/aromatic N) is 1. The smallest absolute Gasteiger partial charge is 0.344 e. The number of esters is 1. The van der Waals surface area contributed by atoms with E-state index in [1.54, 1.807) is 0 Å². The van der Waals surface area contributed by atoms with Crippen LogP contribution in [-0.2, 0) is 9.47 Å². The van der Waals surface area contributed by atoms with E-state index >= 15 is 0 Å². The quantitative estimate of drug-likeness (QED) is 0.356. The minimum atomic E-state index is -0.749. The lowest BCUT2D eigenvalue weighted by Gasteiger charge is -2.29. The summed E-state index contributed by atoms with van der Waals surface area (Å²) in [4.78, 5) is 22.1. The van der Waals surface area contributed by atoms with Crippen LogP contribution in [0.5, 0.6) is 5.75 Å². The SMILES string of the molecule is COC(=O)c1cc2c(cc1[N+](=O)[O-])OC(C)(C)C1OC21. The first kappa shape index (κ1) is 12.9. The summed E-state index contributed by atoms with van der Waals surface area (Å²) in [5.74, 6) is -0.366. The third kappa shape index (κ3) is 1.74. The Morgan fingerprint density at radius 2 is 2.15 bits per heavy atom. The topological polar surface area (TPSA) is 91.2 Å². The molecule has 0 aromatic heterocycles. The Labute approximate surface area is 114 Å². The second kappa shape index (κ2) is 3.92. The maximum Gasteiger partial charge on any atom is 0.344 e. The molecule has 106 valence electrons. The zero-order valence-electron chi connectivity index (χ0n) is 11.2. The van der Waals surface area contributed by atoms with Crippen molar-refractivity contribution in [3.8, 4) is 5.75 Å². The van der Waals surface area contributed by atoms with Crippen molar-refractivity contribution in [3.05, 3.63) is 33.4 Å². The molecule has 1 aromatic carbocycles. The van der Waals surface area contributed by atoms with Crippen LogP contribution in [0.25, 0.3) is 0 Å². The minimum Gasteiger partial charge on any atom is -0.484 e. The number of nitro benzene ring substituents is 1. The zero-order chi connectivity index (χ0) is 14.7. The van der Waals surface area contributed by atoms with Crippen LogP contribution in [-0.4, -0.2) is 29.7 Å². The van der Waals surface area contributed by atoms with Crippen molar-refractivity contribution in [1.82, 2.24) is 0 Å². The molecule has 2 heterocycles. The van der Waals surface area contributed by atoms with E-state index in [4.69, 9.17) is 9.47 Å². The number of ether oxygens (including phenoxy) is 3. The maximum absolute atomic E-state index is 11.7. The second-order valence-electron chi connectivity index (χ2n) is 5.34. The van der Waals surface area contributed by atoms with Crippen LogP contribution in [0.4, 0.5) is 5.69 Å². The van der Waals surface area contributed by atoms with E-state index < -0.39 is 16.5 Å². The average molecular weight is 279 g/mol. The first-order chi connectivity index (χ1) is 9.35. The third-order valence-corrected chi connectivity index (χ3v) is 3.59. The van der Waals surface area contributed by atoms with Crippen LogP contribution in [0.3, 0.4) is 0 Å². The molecule has 1 saturated heterocycles. The molecule has 3 rings (SSSR count). The molecule has 0 amide bonds. The van der Waals surface area contributed by atoms with Gasteiger partial charge in [-0.2, -0.15) is 0 Å². The van der Waals surface area contributed by atoms with Crippen molar-refractivity contribution in [1.29, 1.82) is 0 Å². The van der Waals surface area contributed by atoms with Crippen LogP contribution in [0, 0.1) is 10.1 Å². The second-order valence-corrected chi connectivity index (χ2v) is 5.34. The van der Waals surface area contributed by atoms with E-state index in [9.17, 15) is 14.9 Å². The van der Waals surface area contributed by atoms with Crippen LogP contribution >= 0.6 is 0 Å². The van der Waals surface area contributed by atoms with Crippen LogP contribution in [0.1, 0.15) is 35.9 Å². The molecule has 2 atom stereocenters. The van der Waals surface area contributed by atoms with Gasteiger partial charge in [-0.05, 0) is 19.9 Å². The average Bonchev–Trinajstić information content (AvgIpc) is 3.17. The third-order valence-electron chi connectivity index (χ3n) is 3.59. The van der Waals surface area contributed by atoms with E-state index in [-0.39, 0.29) is 23.5 Å². The molecular formula is C13H13NO6. The summed E-state index contributed by atoms with van der Waals surface area (Å²) >= 11 is 0. The maximum atomic E-state index is 11.7. The molecule has 0 radical (unpaired) electrons. The molecule has 7 heteroatoms. The fourth-order valence-corrected chi connectivity index (χ4v) is 2.54. The van der Waals surface area contributed by atoms with Crippen LogP contribution in [0.2, 0.25) is 0 Å². The summed E-state index contributed by atoms with van der Waals surface area (Å²) in [6, 6.07) is 2.69. The molecule has 0 saturated carbocycles. The molecular weight excluding hydrogens is 266 g/mol. The molecule has 7 nitrogen and oxygen atoms in total. The molecule has 0 spiro atoms. The number of rotatable bonds is 2. The summed E-state index contributed by atoms with van der Waals surface area (Å²) in [6.07, 6.45) is -0.278. The Bertz CT molecular complexity index is 624. The van der Waals surface area contributed by atoms with Gasteiger partial charge < -0.3 is 14.2 Å². The van der Waals surface area contributed by atoms with Crippen LogP contribution in [0.15, 0.2) is 12.1 Å². The van der Waals surface area contributed by atoms with Crippen molar-refractivity contribution in [2.45, 2.75) is 31.7 Å². The van der Waals surface area contributed by atoms with Gasteiger partial charge >= 0.3 is 5.97 Å². The number of nitro groups is 1. The van der Waals surface area contributed by atoms with Gasteiger partial charge in [0.05, 0.1) is 18.1 Å². The van der Waals surface area contributed by atoms with Gasteiger partial charge in [-0.3, -0.25) is 10.1 Å². The van der Waals surface area contributed by atoms with Gasteiger partial charge in [-0.15, -0.1) is 0 Å². The van der Waals surface area contributed by atoms with Crippen LogP contribution < -0.4 is 4.74 Å². The normalized spacial score (nSPS) is 24.9. The Kier molecular flexibility index (Phi) is 2.52. The highest BCUT2D eigenvalue weighted by atomic mass is 16.6. The highest BCUT2D eigenvalue weighted by Crippen LogP contribution is 2.54. The number of fused-ring (bicyclic) bond motifs is 3. The van der Waals surface area contributed by atoms with E-state index in [0.29, 0.717) is 11.3 Å². The highest BCUT2D eigenvalue weighted by molar-refractivity contribution is 5.94. The number of hydrogen-bond donors (Lipinski definition) is 0. The molecule has 2 unspecified atom stereocenters. The molecule has 1 aromatic rings. The van der Waals surface area contributed by atoms with Crippen molar-refractivity contribution >= 4 is 11.7 Å². The van der Waals surface area contributed by atoms with E-state index in [1.807, 2.05) is 13.8 Å². The Hall–Kier alpha value is -2.15. The zero-order valence-corrected chi connectivity index (χ0v) is 11.2. The number of carbonyl (C=O) groups excluding carboxylic acids is 1. The Balaban J connectivity index is 2.15. The Morgan fingerprint density at radius 1 is 1.45 bits per heavy atom. The van der Waals surface area contributed by atoms with Crippen molar-refractivity contribution < 1.29 is 23.9 Å². The predicted molar refractivity (Wildman–Crippen MR) is 66.8 cm³/mol. The lowest BCUT2D eigenvalue weighted by Crippen LogP contribution is -2.37. The van der Waals surface area contributed by atoms with Gasteiger partial charge in [0.2, 0.25) is 0 Å². The summed E-state index contributed by atoms with van der Waals surface area (Å²) in [5.41, 5.74) is -0.308. The van der Waals surface area contributed by atoms with Crippen molar-refractivity contribution in [2.75, 3.05) is 7.11 Å². The molecule has 0 aliphatic carbocycles. The molecule has 0 bridgehead atoms. The van der Waals surface area contributed by atoms with Gasteiger partial charge in [-0.25, -0.2) is 4.79 Å². The summed E-state index contributed by atoms with van der Waals surface area (Å²) in [6.45, 7) is 3.72. The molecule has 2 aliphatic rings. The summed E-state index contributed by atoms with van der Waals surface area (Å²) in [5, 5.41) is 11.1. The molecule has 20 heavy (non-hydrogen) atoms. The number of hydrogen-bond acceptors (Lipinski definition) is 6. The van der Waals surface area contributed by atoms with E-state index in [0.717, 1.165) is 0 Å². The number of epoxide rings is 1. The van der Waals surface area contributed by atoms with Crippen molar-refractivity contribution in [3.63, 3.8) is 0 Å².